The van der Waals surface area contributed by atoms with E-state index in [9.17, 15) is 14.4 Å². The normalized spacial score (nSPS) is 13.4. The van der Waals surface area contributed by atoms with E-state index in [-0.39, 0.29) is 24.9 Å². The molecule has 0 saturated heterocycles. The van der Waals surface area contributed by atoms with Gasteiger partial charge in [0.05, 0.1) is 12.2 Å². The number of amides is 2. The Morgan fingerprint density at radius 2 is 2.37 bits per heavy atom. The highest BCUT2D eigenvalue weighted by molar-refractivity contribution is 5.87. The summed E-state index contributed by atoms with van der Waals surface area (Å²) in [6.45, 7) is 0.491. The molecule has 0 aromatic carbocycles. The van der Waals surface area contributed by atoms with Crippen molar-refractivity contribution < 1.29 is 19.5 Å². The summed E-state index contributed by atoms with van der Waals surface area (Å²) < 4.78 is 0. The molecule has 1 aliphatic heterocycles. The Bertz CT molecular complexity index is 560. The number of fused-ring (bicyclic) bond motifs is 1. The van der Waals surface area contributed by atoms with E-state index in [0.29, 0.717) is 24.2 Å². The third-order valence-corrected chi connectivity index (χ3v) is 2.80. The molecule has 100 valence electrons. The summed E-state index contributed by atoms with van der Waals surface area (Å²) in [5, 5.41) is 17.7. The number of nitrogens with zero attached hydrogens (tertiary/aromatic N) is 3. The summed E-state index contributed by atoms with van der Waals surface area (Å²) in [6.07, 6.45) is 1.73. The van der Waals surface area contributed by atoms with Gasteiger partial charge in [0.1, 0.15) is 6.67 Å². The van der Waals surface area contributed by atoms with Crippen LogP contribution in [0.2, 0.25) is 0 Å². The van der Waals surface area contributed by atoms with Crippen LogP contribution in [-0.2, 0) is 17.8 Å². The highest BCUT2D eigenvalue weighted by Gasteiger charge is 2.26. The van der Waals surface area contributed by atoms with Gasteiger partial charge >= 0.3 is 12.0 Å². The molecular formula is C10H11N5O4. The minimum absolute atomic E-state index is 0.000568. The van der Waals surface area contributed by atoms with E-state index in [1.165, 1.54) is 11.0 Å². The summed E-state index contributed by atoms with van der Waals surface area (Å²) in [7, 11) is 0. The number of aliphatic imine (C=N–C) groups is 1. The molecule has 1 aromatic rings. The van der Waals surface area contributed by atoms with Crippen LogP contribution >= 0.6 is 0 Å². The number of aromatic nitrogens is 2. The van der Waals surface area contributed by atoms with Crippen LogP contribution in [0.15, 0.2) is 4.99 Å². The average molecular weight is 265 g/mol. The number of carboxylic acid groups (broad SMARTS) is 1. The van der Waals surface area contributed by atoms with Gasteiger partial charge in [-0.05, 0) is 6.42 Å². The van der Waals surface area contributed by atoms with Gasteiger partial charge in [0.2, 0.25) is 6.08 Å². The molecule has 3 N–H and O–H groups in total. The Labute approximate surface area is 107 Å². The van der Waals surface area contributed by atoms with Crippen LogP contribution in [0.5, 0.6) is 0 Å². The lowest BCUT2D eigenvalue weighted by molar-refractivity contribution is 0.0689. The number of aromatic amines is 1. The van der Waals surface area contributed by atoms with Gasteiger partial charge in [0.25, 0.3) is 0 Å². The van der Waals surface area contributed by atoms with Crippen LogP contribution in [0, 0.1) is 0 Å². The number of hydrogen-bond acceptors (Lipinski definition) is 5. The molecule has 1 aromatic heterocycles. The van der Waals surface area contributed by atoms with Gasteiger partial charge < -0.3 is 15.3 Å². The molecule has 9 nitrogen and oxygen atoms in total. The highest BCUT2D eigenvalue weighted by Crippen LogP contribution is 2.20. The molecule has 0 aliphatic carbocycles. The largest absolute Gasteiger partial charge is 0.476 e. The van der Waals surface area contributed by atoms with E-state index in [4.69, 9.17) is 5.11 Å². The highest BCUT2D eigenvalue weighted by atomic mass is 16.4. The fourth-order valence-corrected chi connectivity index (χ4v) is 1.92. The third-order valence-electron chi connectivity index (χ3n) is 2.80. The van der Waals surface area contributed by atoms with Crippen LogP contribution in [0.4, 0.5) is 4.79 Å². The smallest absolute Gasteiger partial charge is 0.356 e. The lowest BCUT2D eigenvalue weighted by atomic mass is 10.0. The zero-order valence-electron chi connectivity index (χ0n) is 9.84. The fourth-order valence-electron chi connectivity index (χ4n) is 1.92. The maximum atomic E-state index is 11.7. The van der Waals surface area contributed by atoms with Gasteiger partial charge in [-0.25, -0.2) is 14.4 Å². The average Bonchev–Trinajstić information content (AvgIpc) is 2.81. The minimum Gasteiger partial charge on any atom is -0.476 e. The number of rotatable bonds is 3. The topological polar surface area (TPSA) is 128 Å². The molecular weight excluding hydrogens is 254 g/mol. The van der Waals surface area contributed by atoms with Gasteiger partial charge in [0, 0.05) is 12.1 Å². The Kier molecular flexibility index (Phi) is 3.58. The molecule has 9 heteroatoms. The number of carbonyl (C=O) groups excluding carboxylic acids is 2. The summed E-state index contributed by atoms with van der Waals surface area (Å²) in [6, 6.07) is -0.379. The van der Waals surface area contributed by atoms with Crippen molar-refractivity contribution >= 4 is 18.1 Å². The molecule has 0 saturated carbocycles. The Balaban J connectivity index is 2.04. The van der Waals surface area contributed by atoms with Crippen molar-refractivity contribution in [2.45, 2.75) is 13.0 Å². The number of isocyanates is 1. The first-order valence-corrected chi connectivity index (χ1v) is 5.49. The van der Waals surface area contributed by atoms with Crippen molar-refractivity contribution in [2.24, 2.45) is 4.99 Å². The zero-order chi connectivity index (χ0) is 13.8. The second kappa shape index (κ2) is 5.32. The standard InChI is InChI=1S/C10H11N5O4/c16-5-11-4-12-10(19)15-2-1-6-7(3-15)13-14-8(6)9(17)18/h1-4H2,(H,12,19)(H,13,14)(H,17,18). The van der Waals surface area contributed by atoms with Crippen LogP contribution in [0.25, 0.3) is 0 Å². The zero-order valence-corrected chi connectivity index (χ0v) is 9.84. The summed E-state index contributed by atoms with van der Waals surface area (Å²) >= 11 is 0. The number of H-pyrrole nitrogens is 1. The molecule has 2 rings (SSSR count). The van der Waals surface area contributed by atoms with Gasteiger partial charge in [0.15, 0.2) is 5.69 Å². The first-order chi connectivity index (χ1) is 9.13. The van der Waals surface area contributed by atoms with Gasteiger partial charge in [-0.15, -0.1) is 0 Å². The number of nitrogens with one attached hydrogen (secondary N) is 2. The lowest BCUT2D eigenvalue weighted by Crippen LogP contribution is -2.42. The first-order valence-electron chi connectivity index (χ1n) is 5.49. The van der Waals surface area contributed by atoms with Crippen LogP contribution in [0.1, 0.15) is 21.7 Å². The van der Waals surface area contributed by atoms with Crippen LogP contribution < -0.4 is 5.32 Å². The molecule has 2 amide bonds. The van der Waals surface area contributed by atoms with Crippen LogP contribution in [0.3, 0.4) is 0 Å². The second-order valence-electron chi connectivity index (χ2n) is 3.90. The number of urea groups is 1. The number of carboxylic acids is 1. The molecule has 2 heterocycles. The molecule has 0 spiro atoms. The van der Waals surface area contributed by atoms with Gasteiger partial charge in [-0.3, -0.25) is 5.10 Å². The third kappa shape index (κ3) is 2.61. The molecule has 0 bridgehead atoms. The molecule has 1 aliphatic rings. The predicted molar refractivity (Wildman–Crippen MR) is 61.2 cm³/mol. The number of carbonyl (C=O) groups is 2. The van der Waals surface area contributed by atoms with E-state index in [1.807, 2.05) is 0 Å². The summed E-state index contributed by atoms with van der Waals surface area (Å²) in [5.41, 5.74) is 1.24. The van der Waals surface area contributed by atoms with Crippen molar-refractivity contribution in [3.8, 4) is 0 Å². The summed E-state index contributed by atoms with van der Waals surface area (Å²) in [5.74, 6) is -1.09. The molecule has 19 heavy (non-hydrogen) atoms. The number of hydrogen-bond donors (Lipinski definition) is 3. The van der Waals surface area contributed by atoms with Crippen molar-refractivity contribution in [1.82, 2.24) is 20.4 Å². The maximum absolute atomic E-state index is 11.7. The Morgan fingerprint density at radius 1 is 1.58 bits per heavy atom. The van der Waals surface area contributed by atoms with Crippen LogP contribution in [-0.4, -0.2) is 51.5 Å². The minimum atomic E-state index is -1.09. The molecule has 0 radical (unpaired) electrons. The van der Waals surface area contributed by atoms with Crippen molar-refractivity contribution in [3.63, 3.8) is 0 Å². The van der Waals surface area contributed by atoms with E-state index < -0.39 is 5.97 Å². The van der Waals surface area contributed by atoms with Gasteiger partial charge in [-0.1, -0.05) is 0 Å². The lowest BCUT2D eigenvalue weighted by Gasteiger charge is -2.26. The molecule has 0 atom stereocenters. The predicted octanol–water partition coefficient (Wildman–Crippen LogP) is -0.531. The fraction of sp³-hybridized carbons (Fsp3) is 0.400. The van der Waals surface area contributed by atoms with Crippen molar-refractivity contribution in [1.29, 1.82) is 0 Å². The Morgan fingerprint density at radius 3 is 3.05 bits per heavy atom. The number of aromatic carboxylic acids is 1. The Hall–Kier alpha value is -2.67. The second-order valence-corrected chi connectivity index (χ2v) is 3.90. The van der Waals surface area contributed by atoms with E-state index >= 15 is 0 Å². The summed E-state index contributed by atoms with van der Waals surface area (Å²) in [4.78, 5) is 37.2. The van der Waals surface area contributed by atoms with Crippen molar-refractivity contribution in [2.75, 3.05) is 13.2 Å². The molecule has 0 fully saturated rings. The van der Waals surface area contributed by atoms with Gasteiger partial charge in [-0.2, -0.15) is 10.1 Å². The first kappa shape index (κ1) is 12.8. The van der Waals surface area contributed by atoms with E-state index in [0.717, 1.165) is 0 Å². The van der Waals surface area contributed by atoms with Crippen molar-refractivity contribution in [3.05, 3.63) is 17.0 Å². The molecule has 0 unspecified atom stereocenters. The maximum Gasteiger partial charge on any atom is 0.356 e. The van der Waals surface area contributed by atoms with E-state index in [2.05, 4.69) is 20.5 Å². The monoisotopic (exact) mass is 265 g/mol. The van der Waals surface area contributed by atoms with E-state index in [1.54, 1.807) is 0 Å². The SMILES string of the molecule is O=C=NCNC(=O)N1CCc2c(C(=O)O)n[nH]c2C1. The quantitative estimate of drug-likeness (QED) is 0.500.